The zero-order valence-electron chi connectivity index (χ0n) is 9.83. The molecule has 2 unspecified atom stereocenters. The molecule has 1 saturated heterocycles. The Morgan fingerprint density at radius 3 is 2.83 bits per heavy atom. The molecule has 0 radical (unpaired) electrons. The Morgan fingerprint density at radius 1 is 1.44 bits per heavy atom. The quantitative estimate of drug-likeness (QED) is 0.782. The molecular weight excluding hydrogens is 322 g/mol. The van der Waals surface area contributed by atoms with Crippen LogP contribution >= 0.6 is 28.3 Å². The van der Waals surface area contributed by atoms with Crippen molar-refractivity contribution in [2.24, 2.45) is 5.92 Å². The third-order valence-corrected chi connectivity index (χ3v) is 3.78. The highest BCUT2D eigenvalue weighted by atomic mass is 79.9. The number of β-amino-alcohol motifs (C(OH)–C–C–N with tert-alkyl or cyclic N) is 1. The Hall–Kier alpha value is -0.200. The van der Waals surface area contributed by atoms with Crippen LogP contribution in [0.2, 0.25) is 0 Å². The molecule has 102 valence electrons. The van der Waals surface area contributed by atoms with Crippen molar-refractivity contribution >= 4 is 28.3 Å². The highest BCUT2D eigenvalue weighted by Gasteiger charge is 2.24. The molecule has 3 N–H and O–H groups in total. The van der Waals surface area contributed by atoms with Crippen LogP contribution in [-0.2, 0) is 6.54 Å². The van der Waals surface area contributed by atoms with Crippen molar-refractivity contribution in [3.05, 3.63) is 34.1 Å². The summed E-state index contributed by atoms with van der Waals surface area (Å²) in [5, 5.41) is 16.0. The van der Waals surface area contributed by atoms with Gasteiger partial charge in [0.25, 0.3) is 0 Å². The molecule has 3 nitrogen and oxygen atoms in total. The molecule has 0 saturated carbocycles. The first-order valence-electron chi connectivity index (χ1n) is 5.70. The first kappa shape index (κ1) is 15.9. The second kappa shape index (κ2) is 7.40. The summed E-state index contributed by atoms with van der Waals surface area (Å²) in [6, 6.07) is 4.67. The Morgan fingerprint density at radius 2 is 2.22 bits per heavy atom. The molecule has 6 heteroatoms. The van der Waals surface area contributed by atoms with Crippen LogP contribution in [0.15, 0.2) is 22.7 Å². The first-order chi connectivity index (χ1) is 8.16. The molecule has 2 rings (SSSR count). The number of benzene rings is 1. The van der Waals surface area contributed by atoms with Crippen LogP contribution in [0.1, 0.15) is 5.56 Å². The van der Waals surface area contributed by atoms with Gasteiger partial charge in [-0.2, -0.15) is 0 Å². The molecule has 1 aromatic rings. The van der Waals surface area contributed by atoms with Crippen molar-refractivity contribution in [2.75, 3.05) is 19.6 Å². The van der Waals surface area contributed by atoms with E-state index in [0.717, 1.165) is 23.1 Å². The monoisotopic (exact) mass is 338 g/mol. The van der Waals surface area contributed by atoms with Gasteiger partial charge in [0.2, 0.25) is 0 Å². The van der Waals surface area contributed by atoms with E-state index in [0.29, 0.717) is 13.1 Å². The highest BCUT2D eigenvalue weighted by Crippen LogP contribution is 2.18. The fourth-order valence-electron chi connectivity index (χ4n) is 1.98. The zero-order valence-corrected chi connectivity index (χ0v) is 12.2. The molecule has 18 heavy (non-hydrogen) atoms. The van der Waals surface area contributed by atoms with Gasteiger partial charge in [-0.1, -0.05) is 22.0 Å². The molecule has 1 heterocycles. The van der Waals surface area contributed by atoms with Gasteiger partial charge in [0.05, 0.1) is 6.10 Å². The van der Waals surface area contributed by atoms with Gasteiger partial charge in [-0.15, -0.1) is 12.4 Å². The van der Waals surface area contributed by atoms with Crippen LogP contribution in [0.4, 0.5) is 4.39 Å². The molecule has 1 aromatic carbocycles. The lowest BCUT2D eigenvalue weighted by atomic mass is 10.1. The summed E-state index contributed by atoms with van der Waals surface area (Å²) in [4.78, 5) is 0. The summed E-state index contributed by atoms with van der Waals surface area (Å²) >= 11 is 3.33. The van der Waals surface area contributed by atoms with Crippen molar-refractivity contribution in [1.82, 2.24) is 10.6 Å². The molecule has 0 aliphatic carbocycles. The standard InChI is InChI=1S/C12H16BrFN2O.ClH/c13-11-3-10(14)2-1-8(11)4-15-5-9-6-16-7-12(9)17;/h1-3,9,12,15-17H,4-7H2;1H. The normalized spacial score (nSPS) is 22.8. The average Bonchev–Trinajstić information content (AvgIpc) is 2.68. The highest BCUT2D eigenvalue weighted by molar-refractivity contribution is 9.10. The van der Waals surface area contributed by atoms with Crippen LogP contribution in [-0.4, -0.2) is 30.8 Å². The molecule has 1 aliphatic heterocycles. The fraction of sp³-hybridized carbons (Fsp3) is 0.500. The molecule has 1 fully saturated rings. The molecule has 2 atom stereocenters. The minimum atomic E-state index is -0.265. The maximum absolute atomic E-state index is 12.9. The summed E-state index contributed by atoms with van der Waals surface area (Å²) in [5.74, 6) is 0.0188. The van der Waals surface area contributed by atoms with E-state index in [2.05, 4.69) is 26.6 Å². The van der Waals surface area contributed by atoms with Gasteiger partial charge >= 0.3 is 0 Å². The molecule has 1 aliphatic rings. The lowest BCUT2D eigenvalue weighted by Gasteiger charge is -2.14. The Labute approximate surface area is 121 Å². The number of aliphatic hydroxyl groups excluding tert-OH is 1. The molecule has 0 amide bonds. The largest absolute Gasteiger partial charge is 0.391 e. The van der Waals surface area contributed by atoms with Crippen LogP contribution < -0.4 is 10.6 Å². The van der Waals surface area contributed by atoms with E-state index in [1.54, 1.807) is 6.07 Å². The number of rotatable bonds is 4. The smallest absolute Gasteiger partial charge is 0.124 e. The van der Waals surface area contributed by atoms with Gasteiger partial charge in [0, 0.05) is 36.6 Å². The summed E-state index contributed by atoms with van der Waals surface area (Å²) in [5.41, 5.74) is 1.02. The van der Waals surface area contributed by atoms with Gasteiger partial charge in [-0.3, -0.25) is 0 Å². The summed E-state index contributed by atoms with van der Waals surface area (Å²) in [6.07, 6.45) is -0.265. The van der Waals surface area contributed by atoms with Gasteiger partial charge in [0.1, 0.15) is 5.82 Å². The SMILES string of the molecule is Cl.OC1CNCC1CNCc1ccc(F)cc1Br. The number of nitrogens with one attached hydrogen (secondary N) is 2. The third-order valence-electron chi connectivity index (χ3n) is 3.04. The third kappa shape index (κ3) is 4.17. The molecule has 0 bridgehead atoms. The summed E-state index contributed by atoms with van der Waals surface area (Å²) < 4.78 is 13.6. The molecular formula is C12H17BrClFN2O. The van der Waals surface area contributed by atoms with Gasteiger partial charge in [-0.25, -0.2) is 4.39 Å². The summed E-state index contributed by atoms with van der Waals surface area (Å²) in [6.45, 7) is 2.95. The van der Waals surface area contributed by atoms with Crippen molar-refractivity contribution in [3.8, 4) is 0 Å². The predicted molar refractivity (Wildman–Crippen MR) is 75.4 cm³/mol. The Kier molecular flexibility index (Phi) is 6.52. The minimum Gasteiger partial charge on any atom is -0.391 e. The molecule has 0 spiro atoms. The van der Waals surface area contributed by atoms with Gasteiger partial charge in [-0.05, 0) is 17.7 Å². The molecule has 0 aromatic heterocycles. The van der Waals surface area contributed by atoms with E-state index < -0.39 is 0 Å². The van der Waals surface area contributed by atoms with Crippen molar-refractivity contribution in [2.45, 2.75) is 12.6 Å². The van der Waals surface area contributed by atoms with Crippen LogP contribution in [0.5, 0.6) is 0 Å². The second-order valence-corrected chi connectivity index (χ2v) is 5.21. The fourth-order valence-corrected chi connectivity index (χ4v) is 2.48. The van der Waals surface area contributed by atoms with E-state index in [9.17, 15) is 9.50 Å². The van der Waals surface area contributed by atoms with E-state index in [4.69, 9.17) is 0 Å². The summed E-state index contributed by atoms with van der Waals surface area (Å²) in [7, 11) is 0. The number of aliphatic hydroxyl groups is 1. The Balaban J connectivity index is 0.00000162. The number of hydrogen-bond donors (Lipinski definition) is 3. The second-order valence-electron chi connectivity index (χ2n) is 4.35. The Bertz CT molecular complexity index is 394. The average molecular weight is 340 g/mol. The van der Waals surface area contributed by atoms with Crippen molar-refractivity contribution < 1.29 is 9.50 Å². The van der Waals surface area contributed by atoms with E-state index >= 15 is 0 Å². The van der Waals surface area contributed by atoms with Gasteiger partial charge < -0.3 is 15.7 Å². The first-order valence-corrected chi connectivity index (χ1v) is 6.49. The maximum Gasteiger partial charge on any atom is 0.124 e. The van der Waals surface area contributed by atoms with Crippen LogP contribution in [0.25, 0.3) is 0 Å². The number of hydrogen-bond acceptors (Lipinski definition) is 3. The zero-order chi connectivity index (χ0) is 12.3. The van der Waals surface area contributed by atoms with Crippen LogP contribution in [0, 0.1) is 11.7 Å². The number of halogens is 3. The van der Waals surface area contributed by atoms with Crippen LogP contribution in [0.3, 0.4) is 0 Å². The predicted octanol–water partition coefficient (Wildman–Crippen LogP) is 1.68. The van der Waals surface area contributed by atoms with Crippen molar-refractivity contribution in [3.63, 3.8) is 0 Å². The lowest BCUT2D eigenvalue weighted by Crippen LogP contribution is -2.30. The minimum absolute atomic E-state index is 0. The topological polar surface area (TPSA) is 44.3 Å². The maximum atomic E-state index is 12.9. The lowest BCUT2D eigenvalue weighted by molar-refractivity contribution is 0.146. The van der Waals surface area contributed by atoms with E-state index in [1.807, 2.05) is 0 Å². The van der Waals surface area contributed by atoms with Crippen molar-refractivity contribution in [1.29, 1.82) is 0 Å². The van der Waals surface area contributed by atoms with Gasteiger partial charge in [0.15, 0.2) is 0 Å². The van der Waals surface area contributed by atoms with E-state index in [-0.39, 0.29) is 30.2 Å². The van der Waals surface area contributed by atoms with E-state index in [1.165, 1.54) is 12.1 Å².